The third-order valence-corrected chi connectivity index (χ3v) is 5.54. The molecule has 0 aromatic heterocycles. The molecule has 3 aliphatic heterocycles. The first-order valence-corrected chi connectivity index (χ1v) is 9.55. The SMILES string of the molecule is C=C(C)C(=O)O[C@@H]1C[C@H](C)[C@@]2(O)CC[C@@](C)(/C=C3/OC(=O)C(COC(C)=O)=C31)O2. The largest absolute Gasteiger partial charge is 0.461 e. The van der Waals surface area contributed by atoms with Gasteiger partial charge in [0.15, 0.2) is 5.79 Å². The van der Waals surface area contributed by atoms with Crippen LogP contribution in [0.1, 0.15) is 47.0 Å². The molecule has 1 saturated heterocycles. The molecule has 0 aliphatic carbocycles. The second-order valence-electron chi connectivity index (χ2n) is 8.14. The van der Waals surface area contributed by atoms with E-state index in [9.17, 15) is 19.5 Å². The molecule has 3 aliphatic rings. The van der Waals surface area contributed by atoms with Crippen molar-refractivity contribution in [1.29, 1.82) is 0 Å². The van der Waals surface area contributed by atoms with Gasteiger partial charge in [-0.15, -0.1) is 0 Å². The Labute approximate surface area is 169 Å². The van der Waals surface area contributed by atoms with E-state index in [4.69, 9.17) is 18.9 Å². The van der Waals surface area contributed by atoms with Crippen molar-refractivity contribution in [2.45, 2.75) is 64.4 Å². The Morgan fingerprint density at radius 3 is 2.66 bits per heavy atom. The molecule has 158 valence electrons. The molecule has 0 radical (unpaired) electrons. The number of rotatable bonds is 4. The normalized spacial score (nSPS) is 35.5. The van der Waals surface area contributed by atoms with Gasteiger partial charge in [0.25, 0.3) is 0 Å². The van der Waals surface area contributed by atoms with Crippen LogP contribution < -0.4 is 0 Å². The standard InChI is InChI=1S/C21H26O8/c1-11(2)18(23)27-15-8-12(3)21(25)7-6-20(5,29-21)9-16-17(15)14(19(24)28-16)10-26-13(4)22/h9,12,15,25H,1,6-8,10H2,2-5H3/b16-9+/t12-,15+,20-,21+/m0/s1. The highest BCUT2D eigenvalue weighted by Gasteiger charge is 2.52. The van der Waals surface area contributed by atoms with Crippen molar-refractivity contribution in [3.05, 3.63) is 35.1 Å². The van der Waals surface area contributed by atoms with E-state index in [0.717, 1.165) is 0 Å². The van der Waals surface area contributed by atoms with Crippen LogP contribution >= 0.6 is 0 Å². The monoisotopic (exact) mass is 406 g/mol. The second kappa shape index (κ2) is 7.42. The molecule has 8 nitrogen and oxygen atoms in total. The summed E-state index contributed by atoms with van der Waals surface area (Å²) >= 11 is 0. The number of fused-ring (bicyclic) bond motifs is 3. The third kappa shape index (κ3) is 4.13. The number of hydrogen-bond donors (Lipinski definition) is 1. The van der Waals surface area contributed by atoms with E-state index in [1.807, 2.05) is 0 Å². The zero-order chi connectivity index (χ0) is 21.6. The predicted molar refractivity (Wildman–Crippen MR) is 100.0 cm³/mol. The Hall–Kier alpha value is -2.45. The highest BCUT2D eigenvalue weighted by molar-refractivity contribution is 5.96. The van der Waals surface area contributed by atoms with E-state index < -0.39 is 41.3 Å². The molecule has 0 unspecified atom stereocenters. The maximum atomic E-state index is 12.5. The lowest BCUT2D eigenvalue weighted by Crippen LogP contribution is -2.40. The minimum Gasteiger partial charge on any atom is -0.461 e. The number of hydrogen-bond acceptors (Lipinski definition) is 8. The molecule has 0 aromatic rings. The van der Waals surface area contributed by atoms with Gasteiger partial charge < -0.3 is 24.1 Å². The first kappa shape index (κ1) is 21.3. The van der Waals surface area contributed by atoms with Crippen molar-refractivity contribution < 1.29 is 38.4 Å². The van der Waals surface area contributed by atoms with Gasteiger partial charge in [0.05, 0.1) is 11.2 Å². The maximum absolute atomic E-state index is 12.5. The summed E-state index contributed by atoms with van der Waals surface area (Å²) in [5.41, 5.74) is -0.238. The second-order valence-corrected chi connectivity index (χ2v) is 8.14. The fraction of sp³-hybridized carbons (Fsp3) is 0.571. The van der Waals surface area contributed by atoms with E-state index in [1.54, 1.807) is 19.9 Å². The van der Waals surface area contributed by atoms with Crippen molar-refractivity contribution in [2.24, 2.45) is 5.92 Å². The summed E-state index contributed by atoms with van der Waals surface area (Å²) in [6, 6.07) is 0. The molecule has 0 amide bonds. The van der Waals surface area contributed by atoms with Gasteiger partial charge >= 0.3 is 17.9 Å². The smallest absolute Gasteiger partial charge is 0.343 e. The predicted octanol–water partition coefficient (Wildman–Crippen LogP) is 2.07. The number of ether oxygens (including phenoxy) is 4. The minimum absolute atomic E-state index is 0.103. The highest BCUT2D eigenvalue weighted by Crippen LogP contribution is 2.47. The van der Waals surface area contributed by atoms with E-state index in [-0.39, 0.29) is 29.9 Å². The first-order valence-electron chi connectivity index (χ1n) is 9.55. The number of esters is 3. The summed E-state index contributed by atoms with van der Waals surface area (Å²) in [7, 11) is 0. The fourth-order valence-corrected chi connectivity index (χ4v) is 3.86. The Bertz CT molecular complexity index is 838. The molecule has 0 aromatic carbocycles. The van der Waals surface area contributed by atoms with Crippen molar-refractivity contribution in [3.8, 4) is 0 Å². The van der Waals surface area contributed by atoms with Crippen LogP contribution in [0, 0.1) is 5.92 Å². The van der Waals surface area contributed by atoms with Gasteiger partial charge in [0.2, 0.25) is 0 Å². The summed E-state index contributed by atoms with van der Waals surface area (Å²) in [5.74, 6) is -3.49. The molecule has 29 heavy (non-hydrogen) atoms. The fourth-order valence-electron chi connectivity index (χ4n) is 3.86. The zero-order valence-electron chi connectivity index (χ0n) is 17.1. The quantitative estimate of drug-likeness (QED) is 0.429. The highest BCUT2D eigenvalue weighted by atomic mass is 16.6. The molecule has 3 heterocycles. The van der Waals surface area contributed by atoms with Gasteiger partial charge in [-0.2, -0.15) is 0 Å². The number of aliphatic hydroxyl groups is 1. The molecular formula is C21H26O8. The Morgan fingerprint density at radius 2 is 2.03 bits per heavy atom. The average molecular weight is 406 g/mol. The van der Waals surface area contributed by atoms with Crippen LogP contribution in [-0.2, 0) is 33.3 Å². The summed E-state index contributed by atoms with van der Waals surface area (Å²) in [6.45, 7) is 9.62. The molecule has 0 saturated carbocycles. The molecule has 3 rings (SSSR count). The first-order chi connectivity index (χ1) is 13.4. The lowest BCUT2D eigenvalue weighted by atomic mass is 9.86. The van der Waals surface area contributed by atoms with Crippen molar-refractivity contribution in [2.75, 3.05) is 6.61 Å². The summed E-state index contributed by atoms with van der Waals surface area (Å²) in [4.78, 5) is 36.1. The molecular weight excluding hydrogens is 380 g/mol. The van der Waals surface area contributed by atoms with Crippen LogP contribution in [0.15, 0.2) is 35.1 Å². The summed E-state index contributed by atoms with van der Waals surface area (Å²) in [5, 5.41) is 11.0. The van der Waals surface area contributed by atoms with Gasteiger partial charge in [-0.1, -0.05) is 13.5 Å². The summed E-state index contributed by atoms with van der Waals surface area (Å²) in [6.07, 6.45) is 1.81. The molecule has 1 N–H and O–H groups in total. The Kier molecular flexibility index (Phi) is 5.44. The molecule has 2 bridgehead atoms. The molecule has 4 atom stereocenters. The van der Waals surface area contributed by atoms with E-state index >= 15 is 0 Å². The van der Waals surface area contributed by atoms with Gasteiger partial charge in [0.1, 0.15) is 18.5 Å². The van der Waals surface area contributed by atoms with Gasteiger partial charge in [-0.3, -0.25) is 4.79 Å². The molecule has 0 spiro atoms. The van der Waals surface area contributed by atoms with Crippen molar-refractivity contribution >= 4 is 17.9 Å². The maximum Gasteiger partial charge on any atom is 0.343 e. The third-order valence-electron chi connectivity index (χ3n) is 5.54. The van der Waals surface area contributed by atoms with Crippen LogP contribution in [0.2, 0.25) is 0 Å². The van der Waals surface area contributed by atoms with Gasteiger partial charge in [-0.25, -0.2) is 9.59 Å². The van der Waals surface area contributed by atoms with E-state index in [0.29, 0.717) is 18.4 Å². The average Bonchev–Trinajstić information content (AvgIpc) is 3.09. The van der Waals surface area contributed by atoms with E-state index in [1.165, 1.54) is 13.8 Å². The van der Waals surface area contributed by atoms with E-state index in [2.05, 4.69) is 6.58 Å². The molecule has 1 fully saturated rings. The minimum atomic E-state index is -1.40. The van der Waals surface area contributed by atoms with Crippen LogP contribution in [-0.4, -0.2) is 47.1 Å². The topological polar surface area (TPSA) is 108 Å². The van der Waals surface area contributed by atoms with Crippen molar-refractivity contribution in [1.82, 2.24) is 0 Å². The molecule has 8 heteroatoms. The van der Waals surface area contributed by atoms with Gasteiger partial charge in [-0.05, 0) is 32.8 Å². The lowest BCUT2D eigenvalue weighted by Gasteiger charge is -2.33. The lowest BCUT2D eigenvalue weighted by molar-refractivity contribution is -0.238. The van der Waals surface area contributed by atoms with Crippen LogP contribution in [0.4, 0.5) is 0 Å². The number of carbonyl (C=O) groups is 3. The Morgan fingerprint density at radius 1 is 1.34 bits per heavy atom. The van der Waals surface area contributed by atoms with Crippen LogP contribution in [0.3, 0.4) is 0 Å². The Balaban J connectivity index is 2.12. The van der Waals surface area contributed by atoms with Crippen LogP contribution in [0.25, 0.3) is 0 Å². The number of carbonyl (C=O) groups excluding carboxylic acids is 3. The summed E-state index contributed by atoms with van der Waals surface area (Å²) < 4.78 is 22.1. The van der Waals surface area contributed by atoms with Crippen molar-refractivity contribution in [3.63, 3.8) is 0 Å². The van der Waals surface area contributed by atoms with Crippen LogP contribution in [0.5, 0.6) is 0 Å². The van der Waals surface area contributed by atoms with Gasteiger partial charge in [0, 0.05) is 30.4 Å². The zero-order valence-corrected chi connectivity index (χ0v) is 17.1.